The van der Waals surface area contributed by atoms with Gasteiger partial charge in [-0.05, 0) is 37.2 Å². The standard InChI is InChI=1S/C21H23N3OS/c1-22-18-9-5-6-10-19(18)24(21(22)26)15-23-13-11-17(12-14-23)20(25)16-7-3-2-4-8-16/h2-10,17H,11-15H2,1H3. The zero-order valence-corrected chi connectivity index (χ0v) is 15.8. The van der Waals surface area contributed by atoms with Crippen molar-refractivity contribution in [3.63, 3.8) is 0 Å². The largest absolute Gasteiger partial charge is 0.320 e. The second kappa shape index (κ2) is 7.17. The Hall–Kier alpha value is -2.24. The van der Waals surface area contributed by atoms with Crippen molar-refractivity contribution < 1.29 is 4.79 Å². The van der Waals surface area contributed by atoms with E-state index in [9.17, 15) is 4.79 Å². The normalized spacial score (nSPS) is 16.2. The summed E-state index contributed by atoms with van der Waals surface area (Å²) in [6.07, 6.45) is 1.82. The van der Waals surface area contributed by atoms with Gasteiger partial charge in [-0.15, -0.1) is 0 Å². The van der Waals surface area contributed by atoms with E-state index >= 15 is 0 Å². The summed E-state index contributed by atoms with van der Waals surface area (Å²) < 4.78 is 5.11. The lowest BCUT2D eigenvalue weighted by molar-refractivity contribution is 0.0812. The van der Waals surface area contributed by atoms with E-state index < -0.39 is 0 Å². The van der Waals surface area contributed by atoms with Gasteiger partial charge in [0, 0.05) is 31.6 Å². The lowest BCUT2D eigenvalue weighted by Gasteiger charge is -2.31. The van der Waals surface area contributed by atoms with Crippen LogP contribution in [-0.2, 0) is 13.7 Å². The lowest BCUT2D eigenvalue weighted by Crippen LogP contribution is -2.37. The second-order valence-corrected chi connectivity index (χ2v) is 7.39. The van der Waals surface area contributed by atoms with Gasteiger partial charge in [0.1, 0.15) is 0 Å². The van der Waals surface area contributed by atoms with Gasteiger partial charge in [-0.2, -0.15) is 0 Å². The number of likely N-dealkylation sites (tertiary alicyclic amines) is 1. The van der Waals surface area contributed by atoms with E-state index in [4.69, 9.17) is 12.2 Å². The summed E-state index contributed by atoms with van der Waals surface area (Å²) in [5.74, 6) is 0.418. The molecule has 0 spiro atoms. The van der Waals surface area contributed by atoms with Crippen LogP contribution in [0, 0.1) is 10.7 Å². The fourth-order valence-corrected chi connectivity index (χ4v) is 4.13. The third-order valence-electron chi connectivity index (χ3n) is 5.41. The van der Waals surface area contributed by atoms with Gasteiger partial charge in [0.25, 0.3) is 0 Å². The van der Waals surface area contributed by atoms with E-state index in [0.717, 1.165) is 48.5 Å². The number of para-hydroxylation sites is 2. The number of piperidine rings is 1. The molecule has 0 aliphatic carbocycles. The van der Waals surface area contributed by atoms with Gasteiger partial charge < -0.3 is 9.13 Å². The van der Waals surface area contributed by atoms with Crippen molar-refractivity contribution in [2.24, 2.45) is 13.0 Å². The Kier molecular flexibility index (Phi) is 4.74. The van der Waals surface area contributed by atoms with E-state index in [-0.39, 0.29) is 11.7 Å². The van der Waals surface area contributed by atoms with Gasteiger partial charge >= 0.3 is 0 Å². The molecule has 1 fully saturated rings. The Morgan fingerprint density at radius 3 is 2.31 bits per heavy atom. The van der Waals surface area contributed by atoms with E-state index in [1.807, 2.05) is 43.4 Å². The molecule has 0 bridgehead atoms. The molecule has 0 saturated carbocycles. The second-order valence-electron chi connectivity index (χ2n) is 7.02. The minimum Gasteiger partial charge on any atom is -0.320 e. The number of carbonyl (C=O) groups excluding carboxylic acids is 1. The van der Waals surface area contributed by atoms with E-state index in [1.165, 1.54) is 5.52 Å². The molecule has 2 aromatic carbocycles. The Bertz CT molecular complexity index is 981. The summed E-state index contributed by atoms with van der Waals surface area (Å²) in [5, 5.41) is 0. The molecule has 1 aliphatic heterocycles. The van der Waals surface area contributed by atoms with Crippen LogP contribution in [0.4, 0.5) is 0 Å². The van der Waals surface area contributed by atoms with Gasteiger partial charge in [0.15, 0.2) is 10.6 Å². The van der Waals surface area contributed by atoms with Crippen molar-refractivity contribution in [1.82, 2.24) is 14.0 Å². The average Bonchev–Trinajstić information content (AvgIpc) is 2.94. The molecule has 26 heavy (non-hydrogen) atoms. The van der Waals surface area contributed by atoms with Gasteiger partial charge in [0.05, 0.1) is 17.7 Å². The number of aryl methyl sites for hydroxylation is 1. The van der Waals surface area contributed by atoms with Crippen LogP contribution in [0.3, 0.4) is 0 Å². The monoisotopic (exact) mass is 365 g/mol. The Labute approximate surface area is 158 Å². The molecule has 1 aliphatic rings. The van der Waals surface area contributed by atoms with Gasteiger partial charge in [-0.25, -0.2) is 0 Å². The molecule has 4 nitrogen and oxygen atoms in total. The van der Waals surface area contributed by atoms with Crippen molar-refractivity contribution >= 4 is 29.0 Å². The number of aromatic nitrogens is 2. The zero-order chi connectivity index (χ0) is 18.1. The number of ketones is 1. The van der Waals surface area contributed by atoms with Crippen molar-refractivity contribution in [2.45, 2.75) is 19.5 Å². The van der Waals surface area contributed by atoms with Gasteiger partial charge in [-0.1, -0.05) is 42.5 Å². The van der Waals surface area contributed by atoms with Crippen molar-refractivity contribution in [3.8, 4) is 0 Å². The molecule has 1 aromatic heterocycles. The number of rotatable bonds is 4. The maximum absolute atomic E-state index is 12.7. The minimum absolute atomic E-state index is 0.133. The maximum Gasteiger partial charge on any atom is 0.181 e. The first-order valence-corrected chi connectivity index (χ1v) is 9.52. The minimum atomic E-state index is 0.133. The Morgan fingerprint density at radius 1 is 1.00 bits per heavy atom. The fraction of sp³-hybridized carbons (Fsp3) is 0.333. The van der Waals surface area contributed by atoms with Gasteiger partial charge in [0.2, 0.25) is 0 Å². The summed E-state index contributed by atoms with van der Waals surface area (Å²) in [7, 11) is 2.02. The van der Waals surface area contributed by atoms with Crippen LogP contribution in [0.5, 0.6) is 0 Å². The molecule has 1 saturated heterocycles. The van der Waals surface area contributed by atoms with Crippen molar-refractivity contribution in [3.05, 3.63) is 64.9 Å². The Morgan fingerprint density at radius 2 is 1.62 bits per heavy atom. The number of fused-ring (bicyclic) bond motifs is 1. The molecule has 0 atom stereocenters. The van der Waals surface area contributed by atoms with Crippen molar-refractivity contribution in [1.29, 1.82) is 0 Å². The molecular weight excluding hydrogens is 342 g/mol. The van der Waals surface area contributed by atoms with E-state index in [1.54, 1.807) is 0 Å². The van der Waals surface area contributed by atoms with Crippen LogP contribution in [0.15, 0.2) is 54.6 Å². The molecular formula is C21H23N3OS. The first-order valence-electron chi connectivity index (χ1n) is 9.11. The van der Waals surface area contributed by atoms with Crippen LogP contribution in [-0.4, -0.2) is 32.9 Å². The summed E-state index contributed by atoms with van der Waals surface area (Å²) in [4.78, 5) is 15.1. The SMILES string of the molecule is Cn1c(=S)n(CN2CCC(C(=O)c3ccccc3)CC2)c2ccccc21. The third kappa shape index (κ3) is 3.13. The number of nitrogens with zero attached hydrogens (tertiary/aromatic N) is 3. The smallest absolute Gasteiger partial charge is 0.181 e. The highest BCUT2D eigenvalue weighted by Gasteiger charge is 2.26. The highest BCUT2D eigenvalue weighted by atomic mass is 32.1. The van der Waals surface area contributed by atoms with Crippen LogP contribution in [0.25, 0.3) is 11.0 Å². The highest BCUT2D eigenvalue weighted by molar-refractivity contribution is 7.71. The van der Waals surface area contributed by atoms with Crippen LogP contribution in [0.2, 0.25) is 0 Å². The molecule has 2 heterocycles. The molecule has 3 aromatic rings. The van der Waals surface area contributed by atoms with E-state index in [0.29, 0.717) is 0 Å². The number of benzene rings is 2. The van der Waals surface area contributed by atoms with Crippen LogP contribution >= 0.6 is 12.2 Å². The summed E-state index contributed by atoms with van der Waals surface area (Å²) >= 11 is 5.64. The van der Waals surface area contributed by atoms with Gasteiger partial charge in [-0.3, -0.25) is 9.69 Å². The topological polar surface area (TPSA) is 30.2 Å². The number of imidazole rings is 1. The van der Waals surface area contributed by atoms with Crippen LogP contribution in [0.1, 0.15) is 23.2 Å². The predicted octanol–water partition coefficient (Wildman–Crippen LogP) is 4.26. The maximum atomic E-state index is 12.7. The number of hydrogen-bond acceptors (Lipinski definition) is 3. The highest BCUT2D eigenvalue weighted by Crippen LogP contribution is 2.23. The molecule has 134 valence electrons. The molecule has 5 heteroatoms. The number of hydrogen-bond donors (Lipinski definition) is 0. The number of Topliss-reactive ketones (excluding diaryl/α,β-unsaturated/α-hetero) is 1. The fourth-order valence-electron chi connectivity index (χ4n) is 3.87. The zero-order valence-electron chi connectivity index (χ0n) is 15.0. The quantitative estimate of drug-likeness (QED) is 0.511. The summed E-state index contributed by atoms with van der Waals surface area (Å²) in [6, 6.07) is 18.0. The van der Waals surface area contributed by atoms with Crippen LogP contribution < -0.4 is 0 Å². The molecule has 4 rings (SSSR count). The predicted molar refractivity (Wildman–Crippen MR) is 107 cm³/mol. The molecule has 0 N–H and O–H groups in total. The lowest BCUT2D eigenvalue weighted by atomic mass is 9.89. The summed E-state index contributed by atoms with van der Waals surface area (Å²) in [6.45, 7) is 2.63. The Balaban J connectivity index is 1.46. The molecule has 0 radical (unpaired) electrons. The summed E-state index contributed by atoms with van der Waals surface area (Å²) in [5.41, 5.74) is 3.16. The number of carbonyl (C=O) groups is 1. The molecule has 0 amide bonds. The van der Waals surface area contributed by atoms with E-state index in [2.05, 4.69) is 32.2 Å². The first-order chi connectivity index (χ1) is 12.6. The van der Waals surface area contributed by atoms with Crippen molar-refractivity contribution in [2.75, 3.05) is 13.1 Å². The third-order valence-corrected chi connectivity index (χ3v) is 5.90. The first kappa shape index (κ1) is 17.2. The average molecular weight is 366 g/mol. The molecule has 0 unspecified atom stereocenters.